The van der Waals surface area contributed by atoms with Crippen LogP contribution < -0.4 is 0 Å². The third kappa shape index (κ3) is 5.70. The van der Waals surface area contributed by atoms with Gasteiger partial charge in [-0.25, -0.2) is 0 Å². The Morgan fingerprint density at radius 1 is 0.765 bits per heavy atom. The fourth-order valence-corrected chi connectivity index (χ4v) is 4.58. The van der Waals surface area contributed by atoms with Crippen molar-refractivity contribution in [3.63, 3.8) is 0 Å². The Kier molecular flexibility index (Phi) is 8.20. The monoisotopic (exact) mass is 470 g/mol. The minimum atomic E-state index is -1.79. The Balaban J connectivity index is 1.98. The van der Waals surface area contributed by atoms with Crippen molar-refractivity contribution >= 4 is 8.07 Å². The molecule has 2 atom stereocenters. The van der Waals surface area contributed by atoms with Gasteiger partial charge in [0.15, 0.2) is 0 Å². The molecule has 0 heterocycles. The van der Waals surface area contributed by atoms with Crippen molar-refractivity contribution < 1.29 is 9.84 Å². The van der Waals surface area contributed by atoms with Crippen LogP contribution in [0.15, 0.2) is 91.0 Å². The first kappa shape index (κ1) is 26.0. The zero-order valence-corrected chi connectivity index (χ0v) is 22.4. The van der Waals surface area contributed by atoms with Gasteiger partial charge in [-0.2, -0.15) is 0 Å². The van der Waals surface area contributed by atoms with Crippen LogP contribution in [-0.2, 0) is 10.3 Å². The molecule has 0 fully saturated rings. The van der Waals surface area contributed by atoms with Gasteiger partial charge in [0.25, 0.3) is 0 Å². The van der Waals surface area contributed by atoms with Crippen LogP contribution >= 0.6 is 0 Å². The Morgan fingerprint density at radius 3 is 1.50 bits per heavy atom. The first-order valence-electron chi connectivity index (χ1n) is 12.1. The van der Waals surface area contributed by atoms with Gasteiger partial charge in [-0.15, -0.1) is 5.54 Å². The van der Waals surface area contributed by atoms with Gasteiger partial charge in [0.1, 0.15) is 19.8 Å². The molecule has 3 aromatic rings. The number of hydrogen-bond acceptors (Lipinski definition) is 2. The van der Waals surface area contributed by atoms with E-state index in [1.165, 1.54) is 0 Å². The van der Waals surface area contributed by atoms with Crippen LogP contribution in [0, 0.1) is 17.4 Å². The molecule has 0 amide bonds. The van der Waals surface area contributed by atoms with E-state index in [9.17, 15) is 5.11 Å². The van der Waals surface area contributed by atoms with Gasteiger partial charge in [0.2, 0.25) is 0 Å². The molecule has 3 heteroatoms. The molecule has 2 nitrogen and oxygen atoms in total. The Bertz CT molecular complexity index is 994. The standard InChI is InChI=1S/C31H38O2Si/c1-25(29(32)22-23-34(5,6)30(2,3)4)24-33-31(26-16-10-7-11-17-26,27-18-12-8-13-19-27)28-20-14-9-15-21-28/h7-21,25,29,32H,24H2,1-6H3/t25-,29-/m0/s1. The van der Waals surface area contributed by atoms with Crippen LogP contribution in [0.2, 0.25) is 18.1 Å². The molecule has 0 aliphatic rings. The number of benzene rings is 3. The van der Waals surface area contributed by atoms with Crippen LogP contribution in [0.3, 0.4) is 0 Å². The quantitative estimate of drug-likeness (QED) is 0.228. The number of aliphatic hydroxyl groups is 1. The van der Waals surface area contributed by atoms with Crippen molar-refractivity contribution in [3.8, 4) is 11.5 Å². The normalized spacial score (nSPS) is 14.1. The van der Waals surface area contributed by atoms with Gasteiger partial charge in [-0.05, 0) is 21.7 Å². The van der Waals surface area contributed by atoms with Crippen molar-refractivity contribution in [1.29, 1.82) is 0 Å². The molecule has 3 aromatic carbocycles. The summed E-state index contributed by atoms with van der Waals surface area (Å²) < 4.78 is 6.85. The van der Waals surface area contributed by atoms with E-state index in [-0.39, 0.29) is 11.0 Å². The van der Waals surface area contributed by atoms with Crippen molar-refractivity contribution in [1.82, 2.24) is 0 Å². The largest absolute Gasteiger partial charge is 0.380 e. The minimum absolute atomic E-state index is 0.146. The highest BCUT2D eigenvalue weighted by molar-refractivity contribution is 6.87. The summed E-state index contributed by atoms with van der Waals surface area (Å²) in [7, 11) is -1.79. The summed E-state index contributed by atoms with van der Waals surface area (Å²) in [6, 6.07) is 31.0. The lowest BCUT2D eigenvalue weighted by Gasteiger charge is -2.37. The third-order valence-corrected chi connectivity index (χ3v) is 11.6. The molecular weight excluding hydrogens is 432 g/mol. The van der Waals surface area contributed by atoms with E-state index >= 15 is 0 Å². The molecular formula is C31H38O2Si. The average Bonchev–Trinajstić information content (AvgIpc) is 2.84. The van der Waals surface area contributed by atoms with Crippen LogP contribution in [0.25, 0.3) is 0 Å². The van der Waals surface area contributed by atoms with Gasteiger partial charge < -0.3 is 9.84 Å². The van der Waals surface area contributed by atoms with Crippen molar-refractivity contribution in [2.45, 2.75) is 57.5 Å². The highest BCUT2D eigenvalue weighted by Crippen LogP contribution is 2.41. The van der Waals surface area contributed by atoms with Gasteiger partial charge >= 0.3 is 0 Å². The van der Waals surface area contributed by atoms with Gasteiger partial charge in [0.05, 0.1) is 6.61 Å². The second kappa shape index (κ2) is 10.7. The van der Waals surface area contributed by atoms with Crippen LogP contribution in [0.5, 0.6) is 0 Å². The fourth-order valence-electron chi connectivity index (χ4n) is 3.70. The Labute approximate surface area is 207 Å². The van der Waals surface area contributed by atoms with Gasteiger partial charge in [0, 0.05) is 5.92 Å². The molecule has 0 aliphatic heterocycles. The molecule has 0 bridgehead atoms. The molecule has 0 spiro atoms. The fraction of sp³-hybridized carbons (Fsp3) is 0.355. The van der Waals surface area contributed by atoms with Crippen LogP contribution in [0.1, 0.15) is 44.4 Å². The summed E-state index contributed by atoms with van der Waals surface area (Å²) in [5, 5.41) is 11.1. The van der Waals surface area contributed by atoms with Crippen molar-refractivity contribution in [3.05, 3.63) is 108 Å². The molecule has 34 heavy (non-hydrogen) atoms. The van der Waals surface area contributed by atoms with Crippen LogP contribution in [-0.4, -0.2) is 25.9 Å². The predicted octanol–water partition coefficient (Wildman–Crippen LogP) is 7.04. The molecule has 1 N–H and O–H groups in total. The molecule has 0 saturated carbocycles. The van der Waals surface area contributed by atoms with E-state index < -0.39 is 19.8 Å². The molecule has 0 unspecified atom stereocenters. The Hall–Kier alpha value is -2.64. The zero-order valence-electron chi connectivity index (χ0n) is 21.4. The second-order valence-corrected chi connectivity index (χ2v) is 15.7. The molecule has 178 valence electrons. The summed E-state index contributed by atoms with van der Waals surface area (Å²) in [6.45, 7) is 13.6. The van der Waals surface area contributed by atoms with Gasteiger partial charge in [-0.1, -0.05) is 138 Å². The second-order valence-electron chi connectivity index (χ2n) is 10.7. The summed E-state index contributed by atoms with van der Waals surface area (Å²) in [5.74, 6) is 3.03. The maximum absolute atomic E-state index is 10.9. The van der Waals surface area contributed by atoms with E-state index in [1.54, 1.807) is 0 Å². The highest BCUT2D eigenvalue weighted by atomic mass is 28.3. The lowest BCUT2D eigenvalue weighted by atomic mass is 9.80. The van der Waals surface area contributed by atoms with E-state index in [4.69, 9.17) is 4.74 Å². The first-order chi connectivity index (χ1) is 16.1. The lowest BCUT2D eigenvalue weighted by Crippen LogP contribution is -2.37. The summed E-state index contributed by atoms with van der Waals surface area (Å²) in [5.41, 5.74) is 5.84. The zero-order chi connectivity index (χ0) is 24.8. The topological polar surface area (TPSA) is 29.5 Å². The molecule has 0 radical (unpaired) electrons. The van der Waals surface area contributed by atoms with Crippen molar-refractivity contribution in [2.24, 2.45) is 5.92 Å². The van der Waals surface area contributed by atoms with E-state index in [0.717, 1.165) is 16.7 Å². The van der Waals surface area contributed by atoms with E-state index in [1.807, 2.05) is 61.5 Å². The lowest BCUT2D eigenvalue weighted by molar-refractivity contribution is -0.0232. The third-order valence-electron chi connectivity index (χ3n) is 7.05. The molecule has 0 aliphatic carbocycles. The molecule has 0 saturated heterocycles. The Morgan fingerprint density at radius 2 is 1.15 bits per heavy atom. The average molecular weight is 471 g/mol. The number of rotatable bonds is 7. The summed E-state index contributed by atoms with van der Waals surface area (Å²) in [4.78, 5) is 0. The predicted molar refractivity (Wildman–Crippen MR) is 145 cm³/mol. The van der Waals surface area contributed by atoms with Gasteiger partial charge in [-0.3, -0.25) is 0 Å². The van der Waals surface area contributed by atoms with E-state index in [0.29, 0.717) is 6.61 Å². The van der Waals surface area contributed by atoms with Crippen LogP contribution in [0.4, 0.5) is 0 Å². The SMILES string of the molecule is C[C@@H](COC(c1ccccc1)(c1ccccc1)c1ccccc1)[C@@H](O)C#C[Si](C)(C)C(C)(C)C. The summed E-state index contributed by atoms with van der Waals surface area (Å²) in [6.07, 6.45) is -0.742. The minimum Gasteiger partial charge on any atom is -0.380 e. The first-order valence-corrected chi connectivity index (χ1v) is 15.1. The van der Waals surface area contributed by atoms with E-state index in [2.05, 4.69) is 81.7 Å². The number of hydrogen-bond donors (Lipinski definition) is 1. The molecule has 0 aromatic heterocycles. The highest BCUT2D eigenvalue weighted by Gasteiger charge is 2.38. The number of ether oxygens (including phenoxy) is 1. The maximum atomic E-state index is 10.9. The number of aliphatic hydroxyl groups excluding tert-OH is 1. The summed E-state index contributed by atoms with van der Waals surface area (Å²) >= 11 is 0. The molecule has 3 rings (SSSR count). The van der Waals surface area contributed by atoms with Crippen molar-refractivity contribution in [2.75, 3.05) is 6.61 Å². The maximum Gasteiger partial charge on any atom is 0.143 e. The smallest absolute Gasteiger partial charge is 0.143 e.